The SMILES string of the molecule is Cc1c(C(=O)NCC2CCCNC2)cccc1[N+](=O)[O-]. The van der Waals surface area contributed by atoms with Crippen molar-refractivity contribution in [3.8, 4) is 0 Å². The van der Waals surface area contributed by atoms with E-state index in [0.717, 1.165) is 25.9 Å². The zero-order chi connectivity index (χ0) is 14.5. The minimum atomic E-state index is -0.461. The third-order valence-corrected chi connectivity index (χ3v) is 3.70. The van der Waals surface area contributed by atoms with Gasteiger partial charge in [-0.1, -0.05) is 6.07 Å². The molecule has 1 unspecified atom stereocenters. The molecule has 1 aromatic carbocycles. The van der Waals surface area contributed by atoms with Crippen LogP contribution in [0, 0.1) is 23.0 Å². The molecule has 2 rings (SSSR count). The summed E-state index contributed by atoms with van der Waals surface area (Å²) < 4.78 is 0. The van der Waals surface area contributed by atoms with Gasteiger partial charge in [0.2, 0.25) is 0 Å². The molecule has 6 heteroatoms. The zero-order valence-electron chi connectivity index (χ0n) is 11.5. The molecule has 2 N–H and O–H groups in total. The normalized spacial score (nSPS) is 18.6. The van der Waals surface area contributed by atoms with E-state index in [4.69, 9.17) is 0 Å². The molecule has 1 aromatic rings. The third-order valence-electron chi connectivity index (χ3n) is 3.70. The molecule has 20 heavy (non-hydrogen) atoms. The van der Waals surface area contributed by atoms with E-state index in [9.17, 15) is 14.9 Å². The van der Waals surface area contributed by atoms with Crippen molar-refractivity contribution in [1.29, 1.82) is 0 Å². The number of rotatable bonds is 4. The van der Waals surface area contributed by atoms with Crippen molar-refractivity contribution in [3.05, 3.63) is 39.4 Å². The highest BCUT2D eigenvalue weighted by Gasteiger charge is 2.19. The van der Waals surface area contributed by atoms with Crippen LogP contribution >= 0.6 is 0 Å². The fourth-order valence-corrected chi connectivity index (χ4v) is 2.50. The van der Waals surface area contributed by atoms with Gasteiger partial charge in [-0.2, -0.15) is 0 Å². The van der Waals surface area contributed by atoms with Gasteiger partial charge in [-0.25, -0.2) is 0 Å². The van der Waals surface area contributed by atoms with Crippen LogP contribution in [-0.2, 0) is 0 Å². The summed E-state index contributed by atoms with van der Waals surface area (Å²) in [6.07, 6.45) is 2.22. The van der Waals surface area contributed by atoms with Gasteiger partial charge in [0.1, 0.15) is 0 Å². The summed E-state index contributed by atoms with van der Waals surface area (Å²) in [4.78, 5) is 22.5. The van der Waals surface area contributed by atoms with Gasteiger partial charge in [0.25, 0.3) is 11.6 Å². The molecule has 1 aliphatic rings. The highest BCUT2D eigenvalue weighted by Crippen LogP contribution is 2.21. The van der Waals surface area contributed by atoms with Crippen molar-refractivity contribution in [3.63, 3.8) is 0 Å². The van der Waals surface area contributed by atoms with Gasteiger partial charge >= 0.3 is 0 Å². The molecule has 1 atom stereocenters. The van der Waals surface area contributed by atoms with Crippen LogP contribution in [0.2, 0.25) is 0 Å². The van der Waals surface area contributed by atoms with Crippen molar-refractivity contribution >= 4 is 11.6 Å². The number of piperidine rings is 1. The number of nitro groups is 1. The Morgan fingerprint density at radius 2 is 2.35 bits per heavy atom. The van der Waals surface area contributed by atoms with Crippen LogP contribution in [0.1, 0.15) is 28.8 Å². The Labute approximate surface area is 117 Å². The molecule has 1 fully saturated rings. The Balaban J connectivity index is 2.01. The lowest BCUT2D eigenvalue weighted by Gasteiger charge is -2.23. The van der Waals surface area contributed by atoms with E-state index in [2.05, 4.69) is 10.6 Å². The summed E-state index contributed by atoms with van der Waals surface area (Å²) in [7, 11) is 0. The number of nitro benzene ring substituents is 1. The van der Waals surface area contributed by atoms with E-state index in [1.807, 2.05) is 0 Å². The minimum absolute atomic E-state index is 0.0167. The first kappa shape index (κ1) is 14.5. The second-order valence-corrected chi connectivity index (χ2v) is 5.13. The maximum atomic E-state index is 12.1. The summed E-state index contributed by atoms with van der Waals surface area (Å²) >= 11 is 0. The smallest absolute Gasteiger partial charge is 0.273 e. The van der Waals surface area contributed by atoms with E-state index in [-0.39, 0.29) is 11.6 Å². The fourth-order valence-electron chi connectivity index (χ4n) is 2.50. The molecule has 0 radical (unpaired) electrons. The standard InChI is InChI=1S/C14H19N3O3/c1-10-12(5-2-6-13(10)17(19)20)14(18)16-9-11-4-3-7-15-8-11/h2,5-6,11,15H,3-4,7-9H2,1H3,(H,16,18). The van der Waals surface area contributed by atoms with Crippen molar-refractivity contribution in [2.24, 2.45) is 5.92 Å². The topological polar surface area (TPSA) is 84.3 Å². The summed E-state index contributed by atoms with van der Waals surface area (Å²) in [5.74, 6) is 0.198. The molecule has 6 nitrogen and oxygen atoms in total. The van der Waals surface area contributed by atoms with Crippen molar-refractivity contribution in [2.45, 2.75) is 19.8 Å². The average Bonchev–Trinajstić information content (AvgIpc) is 2.46. The molecule has 108 valence electrons. The molecular weight excluding hydrogens is 258 g/mol. The van der Waals surface area contributed by atoms with Crippen LogP contribution in [0.5, 0.6) is 0 Å². The summed E-state index contributed by atoms with van der Waals surface area (Å²) in [6.45, 7) is 4.16. The second-order valence-electron chi connectivity index (χ2n) is 5.13. The quantitative estimate of drug-likeness (QED) is 0.647. The number of amides is 1. The van der Waals surface area contributed by atoms with E-state index in [1.54, 1.807) is 19.1 Å². The third kappa shape index (κ3) is 3.33. The van der Waals surface area contributed by atoms with Crippen molar-refractivity contribution < 1.29 is 9.72 Å². The predicted octanol–water partition coefficient (Wildman–Crippen LogP) is 1.63. The van der Waals surface area contributed by atoms with Crippen LogP contribution in [0.3, 0.4) is 0 Å². The van der Waals surface area contributed by atoms with Crippen LogP contribution < -0.4 is 10.6 Å². The molecule has 0 saturated carbocycles. The lowest BCUT2D eigenvalue weighted by atomic mass is 9.99. The summed E-state index contributed by atoms with van der Waals surface area (Å²) in [6, 6.07) is 4.58. The first-order valence-electron chi connectivity index (χ1n) is 6.82. The van der Waals surface area contributed by atoms with Crippen molar-refractivity contribution in [1.82, 2.24) is 10.6 Å². The first-order chi connectivity index (χ1) is 9.59. The van der Waals surface area contributed by atoms with Gasteiger partial charge in [-0.3, -0.25) is 14.9 Å². The fraction of sp³-hybridized carbons (Fsp3) is 0.500. The lowest BCUT2D eigenvalue weighted by Crippen LogP contribution is -2.38. The monoisotopic (exact) mass is 277 g/mol. The molecule has 1 aliphatic heterocycles. The van der Waals surface area contributed by atoms with Crippen LogP contribution in [0.4, 0.5) is 5.69 Å². The molecule has 0 spiro atoms. The first-order valence-corrected chi connectivity index (χ1v) is 6.82. The van der Waals surface area contributed by atoms with Gasteiger partial charge in [-0.15, -0.1) is 0 Å². The number of nitrogens with one attached hydrogen (secondary N) is 2. The molecule has 1 saturated heterocycles. The Hall–Kier alpha value is -1.95. The number of nitrogens with zero attached hydrogens (tertiary/aromatic N) is 1. The highest BCUT2D eigenvalue weighted by atomic mass is 16.6. The molecule has 0 aliphatic carbocycles. The molecular formula is C14H19N3O3. The van der Waals surface area contributed by atoms with Gasteiger partial charge in [-0.05, 0) is 44.8 Å². The number of hydrogen-bond donors (Lipinski definition) is 2. The Morgan fingerprint density at radius 1 is 1.55 bits per heavy atom. The Kier molecular flexibility index (Phi) is 4.68. The van der Waals surface area contributed by atoms with E-state index in [1.165, 1.54) is 6.07 Å². The average molecular weight is 277 g/mol. The Morgan fingerprint density at radius 3 is 3.00 bits per heavy atom. The van der Waals surface area contributed by atoms with Crippen LogP contribution in [0.15, 0.2) is 18.2 Å². The number of carbonyl (C=O) groups excluding carboxylic acids is 1. The van der Waals surface area contributed by atoms with Gasteiger partial charge in [0.15, 0.2) is 0 Å². The maximum absolute atomic E-state index is 12.1. The highest BCUT2D eigenvalue weighted by molar-refractivity contribution is 5.96. The largest absolute Gasteiger partial charge is 0.352 e. The van der Waals surface area contributed by atoms with E-state index < -0.39 is 4.92 Å². The molecule has 1 amide bonds. The summed E-state index contributed by atoms with van der Waals surface area (Å²) in [5, 5.41) is 17.0. The Bertz CT molecular complexity index is 510. The van der Waals surface area contributed by atoms with Gasteiger partial charge in [0.05, 0.1) is 4.92 Å². The summed E-state index contributed by atoms with van der Waals surface area (Å²) in [5.41, 5.74) is 0.775. The van der Waals surface area contributed by atoms with E-state index >= 15 is 0 Å². The second kappa shape index (κ2) is 6.47. The molecule has 0 aromatic heterocycles. The molecule has 0 bridgehead atoms. The van der Waals surface area contributed by atoms with Gasteiger partial charge < -0.3 is 10.6 Å². The lowest BCUT2D eigenvalue weighted by molar-refractivity contribution is -0.385. The number of hydrogen-bond acceptors (Lipinski definition) is 4. The maximum Gasteiger partial charge on any atom is 0.273 e. The van der Waals surface area contributed by atoms with Crippen LogP contribution in [0.25, 0.3) is 0 Å². The number of benzene rings is 1. The predicted molar refractivity (Wildman–Crippen MR) is 75.8 cm³/mol. The van der Waals surface area contributed by atoms with Crippen molar-refractivity contribution in [2.75, 3.05) is 19.6 Å². The van der Waals surface area contributed by atoms with E-state index in [0.29, 0.717) is 23.6 Å². The zero-order valence-corrected chi connectivity index (χ0v) is 11.5. The van der Waals surface area contributed by atoms with Gasteiger partial charge in [0, 0.05) is 23.7 Å². The molecule has 1 heterocycles. The minimum Gasteiger partial charge on any atom is -0.352 e. The van der Waals surface area contributed by atoms with Crippen LogP contribution in [-0.4, -0.2) is 30.5 Å². The number of carbonyl (C=O) groups is 1.